The second kappa shape index (κ2) is 7.11. The molecule has 0 saturated heterocycles. The van der Waals surface area contributed by atoms with E-state index in [-0.39, 0.29) is 18.9 Å². The predicted octanol–water partition coefficient (Wildman–Crippen LogP) is 1.79. The molecule has 0 radical (unpaired) electrons. The molecule has 96 valence electrons. The molecule has 0 aromatic heterocycles. The van der Waals surface area contributed by atoms with Crippen LogP contribution in [0.15, 0.2) is 36.9 Å². The van der Waals surface area contributed by atoms with E-state index in [4.69, 9.17) is 4.74 Å². The third-order valence-electron chi connectivity index (χ3n) is 2.14. The van der Waals surface area contributed by atoms with Gasteiger partial charge in [0.05, 0.1) is 13.7 Å². The summed E-state index contributed by atoms with van der Waals surface area (Å²) in [5, 5.41) is 2.35. The lowest BCUT2D eigenvalue weighted by Gasteiger charge is -2.05. The first-order chi connectivity index (χ1) is 8.67. The third-order valence-corrected chi connectivity index (χ3v) is 2.14. The van der Waals surface area contributed by atoms with Crippen LogP contribution in [0.3, 0.4) is 0 Å². The molecule has 1 rings (SSSR count). The normalized spacial score (nSPS) is 9.39. The average Bonchev–Trinajstić information content (AvgIpc) is 2.42. The average molecular weight is 249 g/mol. The van der Waals surface area contributed by atoms with E-state index in [0.29, 0.717) is 11.3 Å². The Kier molecular flexibility index (Phi) is 5.44. The maximum atomic E-state index is 11.7. The molecule has 1 amide bonds. The molecule has 0 spiro atoms. The molecule has 18 heavy (non-hydrogen) atoms. The monoisotopic (exact) mass is 249 g/mol. The lowest BCUT2D eigenvalue weighted by molar-refractivity contribution is 0.0980. The number of carbonyl (C=O) groups is 2. The smallest absolute Gasteiger partial charge is 0.407 e. The van der Waals surface area contributed by atoms with Gasteiger partial charge in [0.2, 0.25) is 0 Å². The van der Waals surface area contributed by atoms with Gasteiger partial charge < -0.3 is 14.8 Å². The Hall–Kier alpha value is -2.30. The summed E-state index contributed by atoms with van der Waals surface area (Å²) in [6.45, 7) is 3.41. The molecule has 5 heteroatoms. The highest BCUT2D eigenvalue weighted by Crippen LogP contribution is 2.11. The number of methoxy groups -OCH3 is 1. The van der Waals surface area contributed by atoms with Crippen molar-refractivity contribution in [1.82, 2.24) is 5.32 Å². The highest BCUT2D eigenvalue weighted by atomic mass is 16.5. The van der Waals surface area contributed by atoms with Crippen molar-refractivity contribution in [2.24, 2.45) is 0 Å². The van der Waals surface area contributed by atoms with Crippen molar-refractivity contribution in [2.45, 2.75) is 0 Å². The molecule has 0 saturated carbocycles. The second-order valence-electron chi connectivity index (χ2n) is 3.39. The van der Waals surface area contributed by atoms with E-state index in [2.05, 4.69) is 16.6 Å². The van der Waals surface area contributed by atoms with Gasteiger partial charge in [-0.05, 0) is 24.3 Å². The van der Waals surface area contributed by atoms with Crippen molar-refractivity contribution >= 4 is 11.9 Å². The number of Topliss-reactive ketones (excluding diaryl/α,β-unsaturated/α-hetero) is 1. The summed E-state index contributed by atoms with van der Waals surface area (Å²) in [4.78, 5) is 22.8. The zero-order valence-corrected chi connectivity index (χ0v) is 10.1. The molecule has 0 aliphatic carbocycles. The Balaban J connectivity index is 2.44. The molecule has 0 unspecified atom stereocenters. The van der Waals surface area contributed by atoms with E-state index in [0.717, 1.165) is 0 Å². The lowest BCUT2D eigenvalue weighted by atomic mass is 10.1. The molecular formula is C13H15NO4. The first-order valence-electron chi connectivity index (χ1n) is 5.36. The molecule has 0 bridgehead atoms. The van der Waals surface area contributed by atoms with Crippen LogP contribution in [0.25, 0.3) is 0 Å². The number of ether oxygens (including phenoxy) is 2. The molecule has 1 aromatic carbocycles. The maximum absolute atomic E-state index is 11.7. The number of alkyl carbamates (subject to hydrolysis) is 1. The highest BCUT2D eigenvalue weighted by Gasteiger charge is 2.08. The third kappa shape index (κ3) is 4.29. The molecule has 1 N–H and O–H groups in total. The van der Waals surface area contributed by atoms with Crippen LogP contribution in [0.5, 0.6) is 5.75 Å². The van der Waals surface area contributed by atoms with Gasteiger partial charge in [-0.3, -0.25) is 4.79 Å². The van der Waals surface area contributed by atoms with Crippen LogP contribution < -0.4 is 10.1 Å². The fraction of sp³-hybridized carbons (Fsp3) is 0.231. The Morgan fingerprint density at radius 3 is 2.56 bits per heavy atom. The number of hydrogen-bond donors (Lipinski definition) is 1. The summed E-state index contributed by atoms with van der Waals surface area (Å²) in [6, 6.07) is 6.64. The molecule has 1 aromatic rings. The van der Waals surface area contributed by atoms with E-state index in [1.165, 1.54) is 6.08 Å². The zero-order valence-electron chi connectivity index (χ0n) is 10.1. The van der Waals surface area contributed by atoms with E-state index in [1.54, 1.807) is 31.4 Å². The van der Waals surface area contributed by atoms with Crippen LogP contribution in [-0.2, 0) is 4.74 Å². The molecule has 0 fully saturated rings. The topological polar surface area (TPSA) is 64.6 Å². The first kappa shape index (κ1) is 13.8. The summed E-state index contributed by atoms with van der Waals surface area (Å²) < 4.78 is 9.65. The van der Waals surface area contributed by atoms with Crippen LogP contribution in [-0.4, -0.2) is 32.1 Å². The minimum Gasteiger partial charge on any atom is -0.497 e. The Bertz CT molecular complexity index is 425. The number of nitrogens with one attached hydrogen (secondary N) is 1. The molecule has 0 heterocycles. The minimum absolute atomic E-state index is 0.109. The van der Waals surface area contributed by atoms with E-state index in [1.807, 2.05) is 0 Å². The number of carbonyl (C=O) groups excluding carboxylic acids is 2. The Morgan fingerprint density at radius 2 is 2.00 bits per heavy atom. The van der Waals surface area contributed by atoms with Crippen molar-refractivity contribution in [3.63, 3.8) is 0 Å². The Labute approximate surface area is 105 Å². The quantitative estimate of drug-likeness (QED) is 0.616. The van der Waals surface area contributed by atoms with Gasteiger partial charge in [0.1, 0.15) is 12.4 Å². The largest absolute Gasteiger partial charge is 0.497 e. The molecular weight excluding hydrogens is 234 g/mol. The minimum atomic E-state index is -0.642. The van der Waals surface area contributed by atoms with Crippen LogP contribution in [0.2, 0.25) is 0 Å². The number of amides is 1. The molecule has 5 nitrogen and oxygen atoms in total. The van der Waals surface area contributed by atoms with Crippen molar-refractivity contribution in [3.05, 3.63) is 42.5 Å². The van der Waals surface area contributed by atoms with Gasteiger partial charge in [-0.25, -0.2) is 4.79 Å². The first-order valence-corrected chi connectivity index (χ1v) is 5.36. The van der Waals surface area contributed by atoms with Crippen molar-refractivity contribution in [1.29, 1.82) is 0 Å². The lowest BCUT2D eigenvalue weighted by Crippen LogP contribution is -2.30. The van der Waals surface area contributed by atoms with Crippen molar-refractivity contribution in [2.75, 3.05) is 20.3 Å². The summed E-state index contributed by atoms with van der Waals surface area (Å²) >= 11 is 0. The predicted molar refractivity (Wildman–Crippen MR) is 66.9 cm³/mol. The molecule has 0 aliphatic rings. The van der Waals surface area contributed by atoms with Gasteiger partial charge in [0.25, 0.3) is 0 Å². The van der Waals surface area contributed by atoms with Crippen molar-refractivity contribution in [3.8, 4) is 5.75 Å². The fourth-order valence-electron chi connectivity index (χ4n) is 1.22. The standard InChI is InChI=1S/C13H15NO4/c1-3-8-18-13(16)14-9-12(15)10-4-6-11(17-2)7-5-10/h3-7H,1,8-9H2,2H3,(H,14,16). The van der Waals surface area contributed by atoms with Crippen molar-refractivity contribution < 1.29 is 19.1 Å². The van der Waals surface area contributed by atoms with Gasteiger partial charge in [0.15, 0.2) is 5.78 Å². The molecule has 0 atom stereocenters. The number of benzene rings is 1. The Morgan fingerprint density at radius 1 is 1.33 bits per heavy atom. The van der Waals surface area contributed by atoms with E-state index in [9.17, 15) is 9.59 Å². The SMILES string of the molecule is C=CCOC(=O)NCC(=O)c1ccc(OC)cc1. The van der Waals surface area contributed by atoms with Crippen LogP contribution >= 0.6 is 0 Å². The number of rotatable bonds is 6. The van der Waals surface area contributed by atoms with Gasteiger partial charge in [-0.15, -0.1) is 0 Å². The summed E-state index contributed by atoms with van der Waals surface area (Å²) in [5.41, 5.74) is 0.500. The van der Waals surface area contributed by atoms with Crippen LogP contribution in [0.1, 0.15) is 10.4 Å². The van der Waals surface area contributed by atoms with Crippen LogP contribution in [0, 0.1) is 0 Å². The highest BCUT2D eigenvalue weighted by molar-refractivity contribution is 5.98. The van der Waals surface area contributed by atoms with E-state index < -0.39 is 6.09 Å². The van der Waals surface area contributed by atoms with Gasteiger partial charge in [-0.2, -0.15) is 0 Å². The summed E-state index contributed by atoms with van der Waals surface area (Å²) in [6.07, 6.45) is 0.807. The number of ketones is 1. The molecule has 0 aliphatic heterocycles. The summed E-state index contributed by atoms with van der Waals surface area (Å²) in [5.74, 6) is 0.470. The maximum Gasteiger partial charge on any atom is 0.407 e. The van der Waals surface area contributed by atoms with Gasteiger partial charge in [-0.1, -0.05) is 12.7 Å². The van der Waals surface area contributed by atoms with Gasteiger partial charge >= 0.3 is 6.09 Å². The zero-order chi connectivity index (χ0) is 13.4. The van der Waals surface area contributed by atoms with Gasteiger partial charge in [0, 0.05) is 5.56 Å². The van der Waals surface area contributed by atoms with E-state index >= 15 is 0 Å². The van der Waals surface area contributed by atoms with Crippen LogP contribution in [0.4, 0.5) is 4.79 Å². The number of hydrogen-bond acceptors (Lipinski definition) is 4. The fourth-order valence-corrected chi connectivity index (χ4v) is 1.22. The second-order valence-corrected chi connectivity index (χ2v) is 3.39. The summed E-state index contributed by atoms with van der Waals surface area (Å²) in [7, 11) is 1.55.